The molecule has 1 aromatic heterocycles. The number of carboxylic acids is 1. The SMILES string of the molecule is Cc1nnc2n1CC(C(=O)O)N(C(=O)c1ccc(SC(C)C)cc1)C2. The van der Waals surface area contributed by atoms with E-state index < -0.39 is 12.0 Å². The number of benzene rings is 1. The second-order valence-corrected chi connectivity index (χ2v) is 7.90. The van der Waals surface area contributed by atoms with Gasteiger partial charge in [-0.2, -0.15) is 0 Å². The number of carboxylic acid groups (broad SMARTS) is 1. The van der Waals surface area contributed by atoms with E-state index in [1.54, 1.807) is 35.4 Å². The first-order valence-corrected chi connectivity index (χ1v) is 8.94. The van der Waals surface area contributed by atoms with Crippen LogP contribution in [0.25, 0.3) is 0 Å². The Bertz CT molecular complexity index is 801. The molecule has 0 bridgehead atoms. The van der Waals surface area contributed by atoms with E-state index in [1.165, 1.54) is 4.90 Å². The van der Waals surface area contributed by atoms with Gasteiger partial charge in [0.2, 0.25) is 0 Å². The molecule has 0 saturated heterocycles. The Hall–Kier alpha value is -2.35. The first-order valence-electron chi connectivity index (χ1n) is 8.06. The Morgan fingerprint density at radius 1 is 1.24 bits per heavy atom. The van der Waals surface area contributed by atoms with Crippen LogP contribution in [0.5, 0.6) is 0 Å². The number of aryl methyl sites for hydroxylation is 1. The summed E-state index contributed by atoms with van der Waals surface area (Å²) in [6.07, 6.45) is 0. The molecule has 0 spiro atoms. The van der Waals surface area contributed by atoms with Gasteiger partial charge in [0.1, 0.15) is 11.9 Å². The smallest absolute Gasteiger partial charge is 0.328 e. The van der Waals surface area contributed by atoms with Crippen molar-refractivity contribution >= 4 is 23.6 Å². The number of aliphatic carboxylic acids is 1. The van der Waals surface area contributed by atoms with Gasteiger partial charge in [-0.3, -0.25) is 4.79 Å². The number of amides is 1. The van der Waals surface area contributed by atoms with Gasteiger partial charge < -0.3 is 14.6 Å². The molecular weight excluding hydrogens is 340 g/mol. The average Bonchev–Trinajstić information content (AvgIpc) is 2.93. The van der Waals surface area contributed by atoms with Crippen LogP contribution < -0.4 is 0 Å². The van der Waals surface area contributed by atoms with E-state index in [4.69, 9.17) is 0 Å². The fraction of sp³-hybridized carbons (Fsp3) is 0.412. The topological polar surface area (TPSA) is 88.3 Å². The fourth-order valence-corrected chi connectivity index (χ4v) is 3.69. The van der Waals surface area contributed by atoms with Crippen molar-refractivity contribution in [2.75, 3.05) is 0 Å². The third kappa shape index (κ3) is 3.53. The summed E-state index contributed by atoms with van der Waals surface area (Å²) in [7, 11) is 0. The van der Waals surface area contributed by atoms with Crippen LogP contribution in [-0.4, -0.2) is 47.9 Å². The van der Waals surface area contributed by atoms with E-state index in [0.717, 1.165) is 4.90 Å². The molecule has 2 heterocycles. The minimum absolute atomic E-state index is 0.138. The number of hydrogen-bond acceptors (Lipinski definition) is 5. The van der Waals surface area contributed by atoms with Gasteiger partial charge in [0.25, 0.3) is 5.91 Å². The summed E-state index contributed by atoms with van der Waals surface area (Å²) in [5.74, 6) is -0.0711. The maximum Gasteiger partial charge on any atom is 0.328 e. The second kappa shape index (κ2) is 6.87. The Morgan fingerprint density at radius 2 is 1.92 bits per heavy atom. The molecule has 0 saturated carbocycles. The maximum atomic E-state index is 12.9. The van der Waals surface area contributed by atoms with E-state index in [-0.39, 0.29) is 19.0 Å². The van der Waals surface area contributed by atoms with Crippen molar-refractivity contribution in [3.8, 4) is 0 Å². The highest BCUT2D eigenvalue weighted by Crippen LogP contribution is 2.25. The maximum absolute atomic E-state index is 12.9. The summed E-state index contributed by atoms with van der Waals surface area (Å²) < 4.78 is 1.75. The summed E-state index contributed by atoms with van der Waals surface area (Å²) in [5, 5.41) is 18.0. The summed E-state index contributed by atoms with van der Waals surface area (Å²) in [4.78, 5) is 27.0. The van der Waals surface area contributed by atoms with Crippen LogP contribution in [-0.2, 0) is 17.9 Å². The number of carbonyl (C=O) groups is 2. The van der Waals surface area contributed by atoms with Crippen LogP contribution in [0.1, 0.15) is 35.9 Å². The molecule has 2 aromatic rings. The van der Waals surface area contributed by atoms with Crippen molar-refractivity contribution in [3.63, 3.8) is 0 Å². The van der Waals surface area contributed by atoms with Gasteiger partial charge in [0.05, 0.1) is 13.1 Å². The van der Waals surface area contributed by atoms with Gasteiger partial charge >= 0.3 is 5.97 Å². The number of carbonyl (C=O) groups excluding carboxylic acids is 1. The number of rotatable bonds is 4. The highest BCUT2D eigenvalue weighted by atomic mass is 32.2. The number of nitrogens with zero attached hydrogens (tertiary/aromatic N) is 4. The molecular formula is C17H20N4O3S. The summed E-state index contributed by atoms with van der Waals surface area (Å²) >= 11 is 1.71. The number of aromatic nitrogens is 3. The second-order valence-electron chi connectivity index (χ2n) is 6.25. The average molecular weight is 360 g/mol. The van der Waals surface area contributed by atoms with Crippen molar-refractivity contribution in [3.05, 3.63) is 41.5 Å². The van der Waals surface area contributed by atoms with Crippen LogP contribution in [0.4, 0.5) is 0 Å². The van der Waals surface area contributed by atoms with Crippen LogP contribution in [0.3, 0.4) is 0 Å². The third-order valence-electron chi connectivity index (χ3n) is 4.07. The number of hydrogen-bond donors (Lipinski definition) is 1. The minimum atomic E-state index is -1.03. The lowest BCUT2D eigenvalue weighted by Gasteiger charge is -2.33. The fourth-order valence-electron chi connectivity index (χ4n) is 2.85. The normalized spacial score (nSPS) is 16.8. The molecule has 0 aliphatic carbocycles. The molecule has 7 nitrogen and oxygen atoms in total. The molecule has 1 amide bonds. The summed E-state index contributed by atoms with van der Waals surface area (Å²) in [6.45, 7) is 6.29. The minimum Gasteiger partial charge on any atom is -0.480 e. The zero-order chi connectivity index (χ0) is 18.1. The standard InChI is InChI=1S/C17H20N4O3S/c1-10(2)25-13-6-4-12(5-7-13)16(22)21-9-15-19-18-11(3)20(15)8-14(21)17(23)24/h4-7,10,14H,8-9H2,1-3H3,(H,23,24). The van der Waals surface area contributed by atoms with Gasteiger partial charge in [-0.05, 0) is 31.2 Å². The molecule has 1 aliphatic rings. The molecule has 3 rings (SSSR count). The predicted octanol–water partition coefficient (Wildman–Crippen LogP) is 2.20. The first-order chi connectivity index (χ1) is 11.9. The Morgan fingerprint density at radius 3 is 2.52 bits per heavy atom. The highest BCUT2D eigenvalue weighted by molar-refractivity contribution is 7.99. The van der Waals surface area contributed by atoms with Crippen molar-refractivity contribution in [2.24, 2.45) is 0 Å². The van der Waals surface area contributed by atoms with Crippen molar-refractivity contribution in [1.82, 2.24) is 19.7 Å². The molecule has 1 aromatic carbocycles. The molecule has 1 N–H and O–H groups in total. The Balaban J connectivity index is 1.85. The van der Waals surface area contributed by atoms with E-state index in [9.17, 15) is 14.7 Å². The molecule has 1 unspecified atom stereocenters. The molecule has 132 valence electrons. The molecule has 25 heavy (non-hydrogen) atoms. The van der Waals surface area contributed by atoms with E-state index in [2.05, 4.69) is 24.0 Å². The molecule has 0 fully saturated rings. The monoisotopic (exact) mass is 360 g/mol. The van der Waals surface area contributed by atoms with Crippen LogP contribution in [0.2, 0.25) is 0 Å². The van der Waals surface area contributed by atoms with Crippen LogP contribution in [0, 0.1) is 6.92 Å². The summed E-state index contributed by atoms with van der Waals surface area (Å²) in [6, 6.07) is 6.35. The molecule has 0 radical (unpaired) electrons. The lowest BCUT2D eigenvalue weighted by atomic mass is 10.1. The van der Waals surface area contributed by atoms with Gasteiger partial charge in [-0.25, -0.2) is 4.79 Å². The first kappa shape index (κ1) is 17.5. The quantitative estimate of drug-likeness (QED) is 0.841. The van der Waals surface area contributed by atoms with E-state index in [0.29, 0.717) is 22.5 Å². The van der Waals surface area contributed by atoms with Gasteiger partial charge in [0, 0.05) is 15.7 Å². The van der Waals surface area contributed by atoms with Crippen LogP contribution >= 0.6 is 11.8 Å². The summed E-state index contributed by atoms with van der Waals surface area (Å²) in [5.41, 5.74) is 0.476. The Labute approximate surface area is 150 Å². The van der Waals surface area contributed by atoms with Crippen LogP contribution in [0.15, 0.2) is 29.2 Å². The zero-order valence-corrected chi connectivity index (χ0v) is 15.2. The third-order valence-corrected chi connectivity index (χ3v) is 5.09. The van der Waals surface area contributed by atoms with E-state index in [1.807, 2.05) is 12.1 Å². The zero-order valence-electron chi connectivity index (χ0n) is 14.3. The molecule has 8 heteroatoms. The number of thioether (sulfide) groups is 1. The lowest BCUT2D eigenvalue weighted by molar-refractivity contribution is -0.143. The highest BCUT2D eigenvalue weighted by Gasteiger charge is 2.36. The van der Waals surface area contributed by atoms with Gasteiger partial charge in [-0.15, -0.1) is 22.0 Å². The van der Waals surface area contributed by atoms with Crippen molar-refractivity contribution < 1.29 is 14.7 Å². The van der Waals surface area contributed by atoms with Gasteiger partial charge in [0.15, 0.2) is 5.82 Å². The Kier molecular flexibility index (Phi) is 4.80. The van der Waals surface area contributed by atoms with Crippen molar-refractivity contribution in [1.29, 1.82) is 0 Å². The number of fused-ring (bicyclic) bond motifs is 1. The van der Waals surface area contributed by atoms with E-state index >= 15 is 0 Å². The largest absolute Gasteiger partial charge is 0.480 e. The molecule has 1 aliphatic heterocycles. The van der Waals surface area contributed by atoms with Gasteiger partial charge in [-0.1, -0.05) is 13.8 Å². The predicted molar refractivity (Wildman–Crippen MR) is 93.5 cm³/mol. The molecule has 1 atom stereocenters. The lowest BCUT2D eigenvalue weighted by Crippen LogP contribution is -2.50. The van der Waals surface area contributed by atoms with Crippen molar-refractivity contribution in [2.45, 2.75) is 50.0 Å².